The van der Waals surface area contributed by atoms with Gasteiger partial charge in [0.2, 0.25) is 5.75 Å². The Hall–Kier alpha value is -3.26. The van der Waals surface area contributed by atoms with Crippen molar-refractivity contribution in [1.82, 2.24) is 10.3 Å². The first kappa shape index (κ1) is 20.0. The van der Waals surface area contributed by atoms with Gasteiger partial charge in [0.15, 0.2) is 16.7 Å². The van der Waals surface area contributed by atoms with Crippen molar-refractivity contribution in [3.8, 4) is 28.5 Å². The van der Waals surface area contributed by atoms with Crippen molar-refractivity contribution < 1.29 is 19.0 Å². The Labute approximate surface area is 178 Å². The van der Waals surface area contributed by atoms with Gasteiger partial charge in [-0.05, 0) is 24.3 Å². The molecule has 0 radical (unpaired) electrons. The highest BCUT2D eigenvalue weighted by molar-refractivity contribution is 8.14. The van der Waals surface area contributed by atoms with Gasteiger partial charge in [-0.1, -0.05) is 30.0 Å². The minimum atomic E-state index is -0.213. The highest BCUT2D eigenvalue weighted by atomic mass is 32.2. The fourth-order valence-electron chi connectivity index (χ4n) is 3.32. The summed E-state index contributed by atoms with van der Waals surface area (Å²) in [5.41, 5.74) is 2.62. The standard InChI is InChI=1S/C22H21N3O4S/c1-27-18-10-13(11-19(28-2)20(18)29-3)17-12-15(14-6-4-5-7-16(14)24-17)21(26)25-22-23-8-9-30-22/h4-7,10-12H,8-9H2,1-3H3,(H,23,25,26). The second-order valence-electron chi connectivity index (χ2n) is 6.48. The molecule has 8 heteroatoms. The molecule has 0 spiro atoms. The Morgan fingerprint density at radius 2 is 1.77 bits per heavy atom. The van der Waals surface area contributed by atoms with Gasteiger partial charge in [0.05, 0.1) is 44.6 Å². The molecule has 0 aliphatic carbocycles. The minimum absolute atomic E-state index is 0.213. The van der Waals surface area contributed by atoms with Gasteiger partial charge in [-0.3, -0.25) is 9.79 Å². The maximum absolute atomic E-state index is 13.0. The first-order chi connectivity index (χ1) is 14.6. The van der Waals surface area contributed by atoms with E-state index in [1.807, 2.05) is 36.4 Å². The van der Waals surface area contributed by atoms with Crippen LogP contribution in [0.3, 0.4) is 0 Å². The van der Waals surface area contributed by atoms with Crippen LogP contribution in [0.1, 0.15) is 10.4 Å². The van der Waals surface area contributed by atoms with Crippen LogP contribution in [0.4, 0.5) is 0 Å². The third-order valence-electron chi connectivity index (χ3n) is 4.73. The van der Waals surface area contributed by atoms with E-state index < -0.39 is 0 Å². The van der Waals surface area contributed by atoms with Crippen LogP contribution in [0.15, 0.2) is 47.5 Å². The van der Waals surface area contributed by atoms with E-state index in [9.17, 15) is 4.79 Å². The van der Waals surface area contributed by atoms with E-state index >= 15 is 0 Å². The van der Waals surface area contributed by atoms with Crippen molar-refractivity contribution in [1.29, 1.82) is 0 Å². The van der Waals surface area contributed by atoms with Crippen LogP contribution >= 0.6 is 11.8 Å². The summed E-state index contributed by atoms with van der Waals surface area (Å²) in [6.07, 6.45) is 0. The summed E-state index contributed by atoms with van der Waals surface area (Å²) in [6, 6.07) is 13.0. The number of pyridine rings is 1. The van der Waals surface area contributed by atoms with E-state index in [4.69, 9.17) is 19.2 Å². The number of fused-ring (bicyclic) bond motifs is 1. The molecule has 1 aromatic heterocycles. The number of amidine groups is 1. The molecule has 2 aromatic carbocycles. The molecular weight excluding hydrogens is 402 g/mol. The van der Waals surface area contributed by atoms with Crippen LogP contribution in [0.2, 0.25) is 0 Å². The molecule has 0 bridgehead atoms. The van der Waals surface area contributed by atoms with E-state index in [1.165, 1.54) is 0 Å². The monoisotopic (exact) mass is 423 g/mol. The number of thioether (sulfide) groups is 1. The second-order valence-corrected chi connectivity index (χ2v) is 7.56. The van der Waals surface area contributed by atoms with Gasteiger partial charge in [-0.2, -0.15) is 0 Å². The molecule has 2 heterocycles. The zero-order valence-electron chi connectivity index (χ0n) is 16.9. The van der Waals surface area contributed by atoms with E-state index in [1.54, 1.807) is 39.2 Å². The van der Waals surface area contributed by atoms with E-state index in [-0.39, 0.29) is 5.91 Å². The maximum atomic E-state index is 13.0. The second kappa shape index (κ2) is 8.62. The molecule has 154 valence electrons. The average Bonchev–Trinajstić information content (AvgIpc) is 3.30. The molecule has 0 unspecified atom stereocenters. The van der Waals surface area contributed by atoms with E-state index in [0.29, 0.717) is 40.2 Å². The van der Waals surface area contributed by atoms with Crippen LogP contribution in [0, 0.1) is 0 Å². The molecule has 7 nitrogen and oxygen atoms in total. The first-order valence-corrected chi connectivity index (χ1v) is 10.3. The maximum Gasteiger partial charge on any atom is 0.257 e. The molecule has 3 aromatic rings. The summed E-state index contributed by atoms with van der Waals surface area (Å²) in [4.78, 5) is 22.1. The van der Waals surface area contributed by atoms with Crippen molar-refractivity contribution >= 4 is 33.7 Å². The van der Waals surface area contributed by atoms with Crippen LogP contribution in [-0.2, 0) is 0 Å². The summed E-state index contributed by atoms with van der Waals surface area (Å²) in [5, 5.41) is 4.33. The number of rotatable bonds is 5. The summed E-state index contributed by atoms with van der Waals surface area (Å²) in [7, 11) is 4.68. The van der Waals surface area contributed by atoms with Crippen molar-refractivity contribution in [2.75, 3.05) is 33.6 Å². The number of aromatic nitrogens is 1. The zero-order valence-corrected chi connectivity index (χ0v) is 17.7. The lowest BCUT2D eigenvalue weighted by Gasteiger charge is -2.15. The Bertz CT molecular complexity index is 1120. The predicted molar refractivity (Wildman–Crippen MR) is 119 cm³/mol. The van der Waals surface area contributed by atoms with Gasteiger partial charge in [-0.15, -0.1) is 0 Å². The Balaban J connectivity index is 1.85. The molecule has 0 atom stereocenters. The van der Waals surface area contributed by atoms with Gasteiger partial charge in [0, 0.05) is 16.7 Å². The number of aliphatic imine (C=N–C) groups is 1. The lowest BCUT2D eigenvalue weighted by atomic mass is 10.0. The summed E-state index contributed by atoms with van der Waals surface area (Å²) in [6.45, 7) is 0.716. The molecule has 0 saturated heterocycles. The largest absolute Gasteiger partial charge is 0.493 e. The van der Waals surface area contributed by atoms with Gasteiger partial charge in [0.25, 0.3) is 5.91 Å². The third kappa shape index (κ3) is 3.78. The fraction of sp³-hybridized carbons (Fsp3) is 0.227. The number of hydrogen-bond acceptors (Lipinski definition) is 7. The highest BCUT2D eigenvalue weighted by Crippen LogP contribution is 2.41. The number of para-hydroxylation sites is 1. The number of carbonyl (C=O) groups is 1. The molecule has 4 rings (SSSR count). The van der Waals surface area contributed by atoms with Crippen molar-refractivity contribution in [2.45, 2.75) is 0 Å². The van der Waals surface area contributed by atoms with Crippen molar-refractivity contribution in [2.24, 2.45) is 4.99 Å². The first-order valence-electron chi connectivity index (χ1n) is 9.33. The number of carbonyl (C=O) groups excluding carboxylic acids is 1. The number of methoxy groups -OCH3 is 3. The smallest absolute Gasteiger partial charge is 0.257 e. The molecule has 1 aliphatic heterocycles. The molecular formula is C22H21N3O4S. The quantitative estimate of drug-likeness (QED) is 0.673. The van der Waals surface area contributed by atoms with Crippen LogP contribution in [-0.4, -0.2) is 49.7 Å². The van der Waals surface area contributed by atoms with Crippen LogP contribution in [0.5, 0.6) is 17.2 Å². The molecule has 1 N–H and O–H groups in total. The molecule has 1 aliphatic rings. The van der Waals surface area contributed by atoms with Gasteiger partial charge in [0.1, 0.15) is 0 Å². The molecule has 0 saturated carbocycles. The van der Waals surface area contributed by atoms with Gasteiger partial charge < -0.3 is 19.5 Å². The Kier molecular flexibility index (Phi) is 5.76. The number of hydrogen-bond donors (Lipinski definition) is 1. The number of nitrogens with one attached hydrogen (secondary N) is 1. The lowest BCUT2D eigenvalue weighted by Crippen LogP contribution is -2.27. The Morgan fingerprint density at radius 1 is 1.03 bits per heavy atom. The average molecular weight is 423 g/mol. The summed E-state index contributed by atoms with van der Waals surface area (Å²) < 4.78 is 16.3. The molecule has 0 fully saturated rings. The Morgan fingerprint density at radius 3 is 2.40 bits per heavy atom. The minimum Gasteiger partial charge on any atom is -0.493 e. The van der Waals surface area contributed by atoms with Crippen LogP contribution < -0.4 is 19.5 Å². The van der Waals surface area contributed by atoms with Crippen molar-refractivity contribution in [3.63, 3.8) is 0 Å². The lowest BCUT2D eigenvalue weighted by molar-refractivity contribution is 0.0979. The van der Waals surface area contributed by atoms with E-state index in [2.05, 4.69) is 10.3 Å². The zero-order chi connectivity index (χ0) is 21.1. The highest BCUT2D eigenvalue weighted by Gasteiger charge is 2.19. The summed E-state index contributed by atoms with van der Waals surface area (Å²) in [5.74, 6) is 2.20. The number of benzene rings is 2. The topological polar surface area (TPSA) is 82.0 Å². The SMILES string of the molecule is COc1cc(-c2cc(C(=O)NC3=NCCS3)c3ccccc3n2)cc(OC)c1OC. The van der Waals surface area contributed by atoms with Crippen molar-refractivity contribution in [3.05, 3.63) is 48.0 Å². The van der Waals surface area contributed by atoms with E-state index in [0.717, 1.165) is 22.2 Å². The number of ether oxygens (including phenoxy) is 3. The fourth-order valence-corrected chi connectivity index (χ4v) is 4.04. The number of amides is 1. The summed E-state index contributed by atoms with van der Waals surface area (Å²) >= 11 is 1.54. The normalized spacial score (nSPS) is 13.1. The molecule has 30 heavy (non-hydrogen) atoms. The predicted octanol–water partition coefficient (Wildman–Crippen LogP) is 3.76. The molecule has 1 amide bonds. The van der Waals surface area contributed by atoms with Crippen LogP contribution in [0.25, 0.3) is 22.2 Å². The third-order valence-corrected chi connectivity index (χ3v) is 5.62. The van der Waals surface area contributed by atoms with Gasteiger partial charge >= 0.3 is 0 Å². The van der Waals surface area contributed by atoms with Gasteiger partial charge in [-0.25, -0.2) is 4.98 Å². The number of nitrogens with zero attached hydrogens (tertiary/aromatic N) is 2.